The number of benzene rings is 1. The van der Waals surface area contributed by atoms with Gasteiger partial charge in [-0.1, -0.05) is 18.2 Å². The Kier molecular flexibility index (Phi) is 4.84. The maximum Gasteiger partial charge on any atom is 0.417 e. The molecule has 2 aromatic heterocycles. The first kappa shape index (κ1) is 18.2. The summed E-state index contributed by atoms with van der Waals surface area (Å²) in [7, 11) is -4.34. The van der Waals surface area contributed by atoms with Gasteiger partial charge in [0.25, 0.3) is 0 Å². The minimum atomic E-state index is -4.77. The third kappa shape index (κ3) is 3.94. The largest absolute Gasteiger partial charge is 0.463 e. The number of sulfonamides is 1. The summed E-state index contributed by atoms with van der Waals surface area (Å²) in [5.41, 5.74) is -0.156. The van der Waals surface area contributed by atoms with Crippen molar-refractivity contribution in [1.82, 2.24) is 9.71 Å². The molecule has 3 aromatic rings. The summed E-state index contributed by atoms with van der Waals surface area (Å²) in [6.45, 7) is -0.194. The lowest BCUT2D eigenvalue weighted by Gasteiger charge is -2.13. The summed E-state index contributed by atoms with van der Waals surface area (Å²) < 4.78 is 71.0. The van der Waals surface area contributed by atoms with Crippen LogP contribution in [0.5, 0.6) is 0 Å². The molecule has 1 N–H and O–H groups in total. The van der Waals surface area contributed by atoms with Gasteiger partial charge >= 0.3 is 6.18 Å². The van der Waals surface area contributed by atoms with E-state index in [1.54, 1.807) is 24.3 Å². The lowest BCUT2D eigenvalue weighted by molar-refractivity contribution is -0.139. The maximum absolute atomic E-state index is 13.0. The number of aromatic nitrogens is 1. The van der Waals surface area contributed by atoms with E-state index in [0.29, 0.717) is 17.0 Å². The van der Waals surface area contributed by atoms with Crippen molar-refractivity contribution in [2.75, 3.05) is 0 Å². The van der Waals surface area contributed by atoms with E-state index >= 15 is 0 Å². The molecule has 1 aromatic carbocycles. The van der Waals surface area contributed by atoms with Crippen molar-refractivity contribution in [3.63, 3.8) is 0 Å². The normalized spacial score (nSPS) is 12.3. The summed E-state index contributed by atoms with van der Waals surface area (Å²) in [4.78, 5) is 3.33. The Morgan fingerprint density at radius 2 is 1.81 bits per heavy atom. The van der Waals surface area contributed by atoms with Crippen LogP contribution in [0.1, 0.15) is 11.1 Å². The molecule has 0 spiro atoms. The summed E-state index contributed by atoms with van der Waals surface area (Å²) in [6.07, 6.45) is -1.84. The van der Waals surface area contributed by atoms with E-state index in [1.165, 1.54) is 18.5 Å². The van der Waals surface area contributed by atoms with Gasteiger partial charge in [0.1, 0.15) is 5.69 Å². The van der Waals surface area contributed by atoms with Gasteiger partial charge in [-0.3, -0.25) is 4.98 Å². The molecule has 0 fully saturated rings. The van der Waals surface area contributed by atoms with E-state index in [0.717, 1.165) is 18.2 Å². The first-order valence-electron chi connectivity index (χ1n) is 7.42. The number of hydrogen-bond acceptors (Lipinski definition) is 4. The Balaban J connectivity index is 1.77. The molecule has 2 heterocycles. The zero-order valence-electron chi connectivity index (χ0n) is 13.2. The Morgan fingerprint density at radius 1 is 1.04 bits per heavy atom. The number of halogens is 3. The molecule has 0 unspecified atom stereocenters. The van der Waals surface area contributed by atoms with E-state index < -0.39 is 26.7 Å². The van der Waals surface area contributed by atoms with E-state index in [4.69, 9.17) is 4.42 Å². The van der Waals surface area contributed by atoms with Gasteiger partial charge in [-0.25, -0.2) is 13.1 Å². The average Bonchev–Trinajstić information content (AvgIpc) is 3.14. The molecule has 0 amide bonds. The number of furan rings is 1. The van der Waals surface area contributed by atoms with Crippen LogP contribution in [0, 0.1) is 0 Å². The third-order valence-electron chi connectivity index (χ3n) is 3.55. The molecule has 5 nitrogen and oxygen atoms in total. The Morgan fingerprint density at radius 3 is 2.42 bits per heavy atom. The number of pyridine rings is 1. The maximum atomic E-state index is 13.0. The summed E-state index contributed by atoms with van der Waals surface area (Å²) in [5.74, 6) is 0.552. The lowest BCUT2D eigenvalue weighted by atomic mass is 10.2. The smallest absolute Gasteiger partial charge is 0.417 e. The van der Waals surface area contributed by atoms with Gasteiger partial charge in [0.2, 0.25) is 10.0 Å². The van der Waals surface area contributed by atoms with E-state index in [2.05, 4.69) is 9.71 Å². The fourth-order valence-corrected chi connectivity index (χ4v) is 3.53. The van der Waals surface area contributed by atoms with Crippen LogP contribution in [0.4, 0.5) is 13.2 Å². The predicted molar refractivity (Wildman–Crippen MR) is 87.4 cm³/mol. The number of nitrogens with zero attached hydrogens (tertiary/aromatic N) is 1. The molecule has 0 aliphatic heterocycles. The Labute approximate surface area is 147 Å². The van der Waals surface area contributed by atoms with Crippen LogP contribution in [0.25, 0.3) is 11.5 Å². The third-order valence-corrected chi connectivity index (χ3v) is 5.01. The van der Waals surface area contributed by atoms with Gasteiger partial charge in [-0.05, 0) is 35.9 Å². The van der Waals surface area contributed by atoms with Crippen LogP contribution in [0.15, 0.2) is 70.3 Å². The Hall–Kier alpha value is -2.65. The van der Waals surface area contributed by atoms with Crippen LogP contribution in [0.3, 0.4) is 0 Å². The molecule has 26 heavy (non-hydrogen) atoms. The van der Waals surface area contributed by atoms with Crippen LogP contribution >= 0.6 is 0 Å². The number of alkyl halides is 3. The molecule has 0 saturated carbocycles. The van der Waals surface area contributed by atoms with Crippen molar-refractivity contribution >= 4 is 10.0 Å². The highest BCUT2D eigenvalue weighted by molar-refractivity contribution is 7.89. The molecule has 0 bridgehead atoms. The first-order chi connectivity index (χ1) is 12.3. The minimum Gasteiger partial charge on any atom is -0.463 e. The minimum absolute atomic E-state index is 0.194. The topological polar surface area (TPSA) is 72.2 Å². The van der Waals surface area contributed by atoms with Crippen molar-refractivity contribution in [3.05, 3.63) is 72.1 Å². The monoisotopic (exact) mass is 382 g/mol. The molecule has 0 aliphatic carbocycles. The molecule has 0 saturated heterocycles. The van der Waals surface area contributed by atoms with Gasteiger partial charge in [-0.2, -0.15) is 13.2 Å². The SMILES string of the molecule is O=S(=O)(NCc1ccc(-c2ccco2)nc1)c1ccccc1C(F)(F)F. The summed E-state index contributed by atoms with van der Waals surface area (Å²) in [6, 6.07) is 10.7. The lowest BCUT2D eigenvalue weighted by Crippen LogP contribution is -2.26. The van der Waals surface area contributed by atoms with Crippen LogP contribution < -0.4 is 4.72 Å². The predicted octanol–water partition coefficient (Wildman–Crippen LogP) is 3.84. The molecule has 0 radical (unpaired) electrons. The zero-order valence-corrected chi connectivity index (χ0v) is 14.0. The van der Waals surface area contributed by atoms with Gasteiger partial charge < -0.3 is 4.42 Å². The van der Waals surface area contributed by atoms with Gasteiger partial charge in [-0.15, -0.1) is 0 Å². The van der Waals surface area contributed by atoms with Crippen molar-refractivity contribution in [2.24, 2.45) is 0 Å². The fourth-order valence-electron chi connectivity index (χ4n) is 2.29. The molecule has 0 atom stereocenters. The number of nitrogens with one attached hydrogen (secondary N) is 1. The van der Waals surface area contributed by atoms with Crippen molar-refractivity contribution < 1.29 is 26.0 Å². The highest BCUT2D eigenvalue weighted by Crippen LogP contribution is 2.33. The molecule has 0 aliphatic rings. The van der Waals surface area contributed by atoms with Crippen LogP contribution in [0.2, 0.25) is 0 Å². The molecule has 136 valence electrons. The number of rotatable bonds is 5. The van der Waals surface area contributed by atoms with E-state index in [9.17, 15) is 21.6 Å². The molecule has 3 rings (SSSR count). The second-order valence-corrected chi connectivity index (χ2v) is 7.08. The highest BCUT2D eigenvalue weighted by Gasteiger charge is 2.36. The number of hydrogen-bond donors (Lipinski definition) is 1. The van der Waals surface area contributed by atoms with Crippen molar-refractivity contribution in [2.45, 2.75) is 17.6 Å². The van der Waals surface area contributed by atoms with E-state index in [1.807, 2.05) is 0 Å². The highest BCUT2D eigenvalue weighted by atomic mass is 32.2. The second-order valence-electron chi connectivity index (χ2n) is 5.35. The second kappa shape index (κ2) is 6.93. The Bertz CT molecular complexity index is 983. The van der Waals surface area contributed by atoms with Crippen molar-refractivity contribution in [1.29, 1.82) is 0 Å². The van der Waals surface area contributed by atoms with Crippen LogP contribution in [-0.4, -0.2) is 13.4 Å². The fraction of sp³-hybridized carbons (Fsp3) is 0.118. The van der Waals surface area contributed by atoms with Gasteiger partial charge in [0, 0.05) is 12.7 Å². The summed E-state index contributed by atoms with van der Waals surface area (Å²) in [5, 5.41) is 0. The molecular formula is C17H13F3N2O3S. The average molecular weight is 382 g/mol. The summed E-state index contributed by atoms with van der Waals surface area (Å²) >= 11 is 0. The molecular weight excluding hydrogens is 369 g/mol. The van der Waals surface area contributed by atoms with Gasteiger partial charge in [0.15, 0.2) is 5.76 Å². The van der Waals surface area contributed by atoms with Gasteiger partial charge in [0.05, 0.1) is 16.7 Å². The van der Waals surface area contributed by atoms with Crippen molar-refractivity contribution in [3.8, 4) is 11.5 Å². The standard InChI is InChI=1S/C17H13F3N2O3S/c18-17(19,20)13-4-1-2-6-16(13)26(23,24)22-11-12-7-8-14(21-10-12)15-5-3-9-25-15/h1-10,22H,11H2. The zero-order chi connectivity index (χ0) is 18.8. The van der Waals surface area contributed by atoms with E-state index in [-0.39, 0.29) is 6.54 Å². The van der Waals surface area contributed by atoms with Crippen LogP contribution in [-0.2, 0) is 22.7 Å². The quantitative estimate of drug-likeness (QED) is 0.728. The molecule has 9 heteroatoms. The first-order valence-corrected chi connectivity index (χ1v) is 8.90.